The predicted octanol–water partition coefficient (Wildman–Crippen LogP) is 3.35. The number of aromatic nitrogens is 2. The Bertz CT molecular complexity index is 610. The molecular formula is C20H38IN5O. The van der Waals surface area contributed by atoms with E-state index in [0.717, 1.165) is 44.2 Å². The van der Waals surface area contributed by atoms with E-state index in [2.05, 4.69) is 43.4 Å². The van der Waals surface area contributed by atoms with E-state index in [4.69, 9.17) is 9.73 Å². The Morgan fingerprint density at radius 1 is 1.37 bits per heavy atom. The van der Waals surface area contributed by atoms with Gasteiger partial charge in [-0.1, -0.05) is 6.42 Å². The third-order valence-electron chi connectivity index (χ3n) is 5.72. The molecule has 0 aliphatic heterocycles. The third-order valence-corrected chi connectivity index (χ3v) is 5.72. The van der Waals surface area contributed by atoms with Crippen LogP contribution in [0.5, 0.6) is 0 Å². The van der Waals surface area contributed by atoms with E-state index in [1.54, 1.807) is 7.11 Å². The second-order valence-corrected chi connectivity index (χ2v) is 7.81. The number of aliphatic imine (C=N–C) groups is 1. The summed E-state index contributed by atoms with van der Waals surface area (Å²) in [7, 11) is 3.79. The van der Waals surface area contributed by atoms with Gasteiger partial charge in [-0.15, -0.1) is 24.0 Å². The first-order valence-electron chi connectivity index (χ1n) is 9.93. The van der Waals surface area contributed by atoms with E-state index in [0.29, 0.717) is 11.5 Å². The molecule has 1 aromatic rings. The number of nitrogens with one attached hydrogen (secondary N) is 2. The van der Waals surface area contributed by atoms with Crippen LogP contribution in [0.15, 0.2) is 4.99 Å². The average Bonchev–Trinajstić information content (AvgIpc) is 2.80. The molecular weight excluding hydrogens is 453 g/mol. The largest absolute Gasteiger partial charge is 0.385 e. The van der Waals surface area contributed by atoms with Gasteiger partial charge in [-0.05, 0) is 64.4 Å². The Morgan fingerprint density at radius 2 is 2.07 bits per heavy atom. The Kier molecular flexibility index (Phi) is 10.1. The van der Waals surface area contributed by atoms with Gasteiger partial charge in [-0.2, -0.15) is 5.10 Å². The molecule has 0 saturated heterocycles. The second kappa shape index (κ2) is 11.2. The van der Waals surface area contributed by atoms with Crippen molar-refractivity contribution in [3.05, 3.63) is 17.0 Å². The van der Waals surface area contributed by atoms with Crippen LogP contribution in [0.3, 0.4) is 0 Å². The molecule has 1 heterocycles. The topological polar surface area (TPSA) is 63.5 Å². The van der Waals surface area contributed by atoms with Gasteiger partial charge in [0, 0.05) is 45.6 Å². The summed E-state index contributed by atoms with van der Waals surface area (Å²) in [5.41, 5.74) is 4.04. The van der Waals surface area contributed by atoms with Crippen molar-refractivity contribution < 1.29 is 4.74 Å². The molecule has 6 nitrogen and oxygen atoms in total. The number of nitrogens with zero attached hydrogens (tertiary/aromatic N) is 3. The van der Waals surface area contributed by atoms with Gasteiger partial charge < -0.3 is 15.4 Å². The van der Waals surface area contributed by atoms with Gasteiger partial charge in [0.05, 0.1) is 5.69 Å². The van der Waals surface area contributed by atoms with Crippen molar-refractivity contribution in [2.75, 3.05) is 26.8 Å². The maximum Gasteiger partial charge on any atom is 0.191 e. The van der Waals surface area contributed by atoms with E-state index in [1.165, 1.54) is 30.5 Å². The molecule has 1 unspecified atom stereocenters. The van der Waals surface area contributed by atoms with Gasteiger partial charge in [0.2, 0.25) is 0 Å². The average molecular weight is 491 g/mol. The highest BCUT2D eigenvalue weighted by Crippen LogP contribution is 2.44. The number of guanidine groups is 1. The number of hydrogen-bond acceptors (Lipinski definition) is 3. The van der Waals surface area contributed by atoms with Crippen molar-refractivity contribution >= 4 is 29.9 Å². The van der Waals surface area contributed by atoms with Crippen molar-refractivity contribution in [1.82, 2.24) is 20.4 Å². The first kappa shape index (κ1) is 24.2. The van der Waals surface area contributed by atoms with Crippen LogP contribution in [-0.2, 0) is 18.2 Å². The summed E-state index contributed by atoms with van der Waals surface area (Å²) < 4.78 is 7.26. The fraction of sp³-hybridized carbons (Fsp3) is 0.800. The van der Waals surface area contributed by atoms with Crippen LogP contribution in [0, 0.1) is 19.3 Å². The maximum absolute atomic E-state index is 5.30. The van der Waals surface area contributed by atoms with Crippen molar-refractivity contribution in [3.8, 4) is 0 Å². The molecule has 27 heavy (non-hydrogen) atoms. The molecule has 1 aliphatic rings. The monoisotopic (exact) mass is 491 g/mol. The van der Waals surface area contributed by atoms with Gasteiger partial charge in [0.1, 0.15) is 0 Å². The molecule has 2 N–H and O–H groups in total. The lowest BCUT2D eigenvalue weighted by Crippen LogP contribution is -2.44. The summed E-state index contributed by atoms with van der Waals surface area (Å²) in [5.74, 6) is 0.919. The molecule has 1 aliphatic carbocycles. The lowest BCUT2D eigenvalue weighted by Gasteiger charge is -2.41. The Balaban J connectivity index is 0.00000364. The number of rotatable bonds is 9. The van der Waals surface area contributed by atoms with E-state index in [1.807, 2.05) is 11.7 Å². The first-order chi connectivity index (χ1) is 12.4. The predicted molar refractivity (Wildman–Crippen MR) is 123 cm³/mol. The number of halogens is 1. The smallest absolute Gasteiger partial charge is 0.191 e. The van der Waals surface area contributed by atoms with Crippen LogP contribution in [0.25, 0.3) is 0 Å². The molecule has 0 radical (unpaired) electrons. The minimum Gasteiger partial charge on any atom is -0.385 e. The second-order valence-electron chi connectivity index (χ2n) is 7.81. The SMILES string of the molecule is CCNC(=NCC1(CCOC)CCC1)NC(C)Cc1c(C)nn(C)c1C.I. The molecule has 1 fully saturated rings. The summed E-state index contributed by atoms with van der Waals surface area (Å²) in [4.78, 5) is 4.91. The normalized spacial score (nSPS) is 17.0. The molecule has 2 rings (SSSR count). The Labute approximate surface area is 181 Å². The molecule has 156 valence electrons. The highest BCUT2D eigenvalue weighted by atomic mass is 127. The maximum atomic E-state index is 5.30. The number of methoxy groups -OCH3 is 1. The van der Waals surface area contributed by atoms with Gasteiger partial charge >= 0.3 is 0 Å². The van der Waals surface area contributed by atoms with Crippen LogP contribution in [0.1, 0.15) is 56.5 Å². The van der Waals surface area contributed by atoms with Gasteiger partial charge in [0.25, 0.3) is 0 Å². The number of aryl methyl sites for hydroxylation is 2. The molecule has 1 atom stereocenters. The Hall–Kier alpha value is -0.830. The van der Waals surface area contributed by atoms with Crippen LogP contribution < -0.4 is 10.6 Å². The quantitative estimate of drug-likeness (QED) is 0.316. The molecule has 0 aromatic carbocycles. The standard InChI is InChI=1S/C20H37N5O.HI/c1-7-21-19(22-14-20(9-8-10-20)11-12-26-6)23-15(2)13-18-16(3)24-25(5)17(18)4;/h15H,7-14H2,1-6H3,(H2,21,22,23);1H. The third kappa shape index (κ3) is 6.62. The molecule has 1 saturated carbocycles. The summed E-state index contributed by atoms with van der Waals surface area (Å²) in [6, 6.07) is 0.297. The van der Waals surface area contributed by atoms with E-state index in [-0.39, 0.29) is 24.0 Å². The van der Waals surface area contributed by atoms with Crippen LogP contribution in [0.4, 0.5) is 0 Å². The summed E-state index contributed by atoms with van der Waals surface area (Å²) in [6.45, 7) is 11.1. The molecule has 0 bridgehead atoms. The lowest BCUT2D eigenvalue weighted by molar-refractivity contribution is 0.0778. The molecule has 1 aromatic heterocycles. The van der Waals surface area contributed by atoms with E-state index < -0.39 is 0 Å². The Morgan fingerprint density at radius 3 is 2.56 bits per heavy atom. The van der Waals surface area contributed by atoms with E-state index in [9.17, 15) is 0 Å². The fourth-order valence-electron chi connectivity index (χ4n) is 3.75. The van der Waals surface area contributed by atoms with Crippen LogP contribution >= 0.6 is 24.0 Å². The van der Waals surface area contributed by atoms with Crippen molar-refractivity contribution in [2.24, 2.45) is 17.5 Å². The van der Waals surface area contributed by atoms with Crippen LogP contribution in [0.2, 0.25) is 0 Å². The zero-order valence-electron chi connectivity index (χ0n) is 17.9. The van der Waals surface area contributed by atoms with E-state index >= 15 is 0 Å². The lowest BCUT2D eigenvalue weighted by atomic mass is 9.67. The fourth-order valence-corrected chi connectivity index (χ4v) is 3.75. The van der Waals surface area contributed by atoms with Crippen molar-refractivity contribution in [1.29, 1.82) is 0 Å². The number of hydrogen-bond donors (Lipinski definition) is 2. The highest BCUT2D eigenvalue weighted by Gasteiger charge is 2.36. The number of ether oxygens (including phenoxy) is 1. The zero-order chi connectivity index (χ0) is 19.2. The summed E-state index contributed by atoms with van der Waals surface area (Å²) >= 11 is 0. The van der Waals surface area contributed by atoms with Crippen LogP contribution in [-0.4, -0.2) is 48.6 Å². The molecule has 0 spiro atoms. The molecule has 0 amide bonds. The zero-order valence-corrected chi connectivity index (χ0v) is 20.2. The summed E-state index contributed by atoms with van der Waals surface area (Å²) in [6.07, 6.45) is 5.91. The van der Waals surface area contributed by atoms with Crippen molar-refractivity contribution in [2.45, 2.75) is 65.8 Å². The minimum atomic E-state index is 0. The van der Waals surface area contributed by atoms with Gasteiger partial charge in [-0.3, -0.25) is 9.67 Å². The summed E-state index contributed by atoms with van der Waals surface area (Å²) in [5, 5.41) is 11.5. The van der Waals surface area contributed by atoms with Crippen molar-refractivity contribution in [3.63, 3.8) is 0 Å². The highest BCUT2D eigenvalue weighted by molar-refractivity contribution is 14.0. The van der Waals surface area contributed by atoms with Gasteiger partial charge in [0.15, 0.2) is 5.96 Å². The minimum absolute atomic E-state index is 0. The molecule has 7 heteroatoms. The first-order valence-corrected chi connectivity index (χ1v) is 9.93. The van der Waals surface area contributed by atoms with Gasteiger partial charge in [-0.25, -0.2) is 0 Å².